The fraction of sp³-hybridized carbons (Fsp3) is 0. The third-order valence-corrected chi connectivity index (χ3v) is 4.04. The summed E-state index contributed by atoms with van der Waals surface area (Å²) >= 11 is 5.59. The van der Waals surface area contributed by atoms with Crippen LogP contribution >= 0.6 is 11.6 Å². The van der Waals surface area contributed by atoms with Crippen molar-refractivity contribution in [3.05, 3.63) is 47.4 Å². The van der Waals surface area contributed by atoms with Crippen molar-refractivity contribution in [2.75, 3.05) is 10.1 Å². The van der Waals surface area contributed by atoms with Gasteiger partial charge in [-0.15, -0.1) is 0 Å². The van der Waals surface area contributed by atoms with Gasteiger partial charge in [0.2, 0.25) is 0 Å². The van der Waals surface area contributed by atoms with E-state index in [1.54, 1.807) is 0 Å². The molecule has 2 aromatic rings. The van der Waals surface area contributed by atoms with Crippen LogP contribution in [0.2, 0.25) is 5.02 Å². The van der Waals surface area contributed by atoms with Gasteiger partial charge in [-0.1, -0.05) is 17.7 Å². The zero-order valence-electron chi connectivity index (χ0n) is 9.97. The normalized spacial score (nSPS) is 11.2. The van der Waals surface area contributed by atoms with Crippen molar-refractivity contribution in [2.45, 2.75) is 4.90 Å². The average molecular weight is 317 g/mol. The van der Waals surface area contributed by atoms with E-state index in [1.165, 1.54) is 36.5 Å². The van der Waals surface area contributed by atoms with Crippen molar-refractivity contribution < 1.29 is 12.8 Å². The van der Waals surface area contributed by atoms with Gasteiger partial charge in [-0.2, -0.15) is 0 Å². The molecule has 0 fully saturated rings. The molecule has 0 aliphatic rings. The molecule has 6 nitrogen and oxygen atoms in total. The van der Waals surface area contributed by atoms with Crippen LogP contribution in [0.25, 0.3) is 0 Å². The molecule has 106 valence electrons. The molecule has 0 amide bonds. The second kappa shape index (κ2) is 5.61. The van der Waals surface area contributed by atoms with Crippen molar-refractivity contribution in [3.63, 3.8) is 0 Å². The maximum atomic E-state index is 13.7. The lowest BCUT2D eigenvalue weighted by Gasteiger charge is -2.10. The highest BCUT2D eigenvalue weighted by Gasteiger charge is 2.18. The molecule has 20 heavy (non-hydrogen) atoms. The lowest BCUT2D eigenvalue weighted by Crippen LogP contribution is -2.15. The Hall–Kier alpha value is -1.90. The Morgan fingerprint density at radius 3 is 2.75 bits per heavy atom. The van der Waals surface area contributed by atoms with E-state index in [2.05, 4.69) is 15.1 Å². The van der Waals surface area contributed by atoms with Gasteiger partial charge >= 0.3 is 0 Å². The minimum atomic E-state index is -3.97. The summed E-state index contributed by atoms with van der Waals surface area (Å²) < 4.78 is 40.0. The van der Waals surface area contributed by atoms with E-state index in [4.69, 9.17) is 17.4 Å². The number of benzene rings is 1. The number of aromatic nitrogens is 1. The van der Waals surface area contributed by atoms with Gasteiger partial charge in [-0.3, -0.25) is 4.72 Å². The first-order chi connectivity index (χ1) is 9.44. The van der Waals surface area contributed by atoms with E-state index >= 15 is 0 Å². The highest BCUT2D eigenvalue weighted by molar-refractivity contribution is 7.92. The first kappa shape index (κ1) is 14.5. The minimum Gasteiger partial charge on any atom is -0.308 e. The number of halogens is 2. The summed E-state index contributed by atoms with van der Waals surface area (Å²) in [6, 6.07) is 6.48. The molecular formula is C11H10ClFN4O2S. The van der Waals surface area contributed by atoms with Gasteiger partial charge in [0.05, 0.1) is 15.6 Å². The molecular weight excluding hydrogens is 307 g/mol. The number of hydrogen-bond acceptors (Lipinski definition) is 5. The lowest BCUT2D eigenvalue weighted by molar-refractivity contribution is 0.598. The van der Waals surface area contributed by atoms with Crippen molar-refractivity contribution in [1.82, 2.24) is 4.98 Å². The van der Waals surface area contributed by atoms with Gasteiger partial charge in [-0.25, -0.2) is 23.6 Å². The fourth-order valence-electron chi connectivity index (χ4n) is 1.44. The van der Waals surface area contributed by atoms with Crippen LogP contribution in [0, 0.1) is 5.82 Å². The van der Waals surface area contributed by atoms with Crippen LogP contribution in [0.3, 0.4) is 0 Å². The van der Waals surface area contributed by atoms with Crippen molar-refractivity contribution in [1.29, 1.82) is 0 Å². The van der Waals surface area contributed by atoms with E-state index in [-0.39, 0.29) is 21.4 Å². The van der Waals surface area contributed by atoms with Gasteiger partial charge < -0.3 is 5.43 Å². The maximum absolute atomic E-state index is 13.7. The molecule has 0 unspecified atom stereocenters. The van der Waals surface area contributed by atoms with E-state index < -0.39 is 15.8 Å². The smallest absolute Gasteiger partial charge is 0.262 e. The molecule has 0 radical (unpaired) electrons. The molecule has 0 aliphatic heterocycles. The van der Waals surface area contributed by atoms with Crippen LogP contribution in [-0.2, 0) is 10.0 Å². The summed E-state index contributed by atoms with van der Waals surface area (Å²) in [6.45, 7) is 0. The second-order valence-electron chi connectivity index (χ2n) is 3.73. The Kier molecular flexibility index (Phi) is 4.07. The predicted molar refractivity (Wildman–Crippen MR) is 74.3 cm³/mol. The summed E-state index contributed by atoms with van der Waals surface area (Å²) in [5.41, 5.74) is 1.99. The van der Waals surface area contributed by atoms with Crippen LogP contribution in [0.5, 0.6) is 0 Å². The zero-order valence-corrected chi connectivity index (χ0v) is 11.5. The number of nitrogen functional groups attached to an aromatic ring is 1. The van der Waals surface area contributed by atoms with Crippen LogP contribution in [-0.4, -0.2) is 13.4 Å². The van der Waals surface area contributed by atoms with E-state index in [0.717, 1.165) is 0 Å². The third kappa shape index (κ3) is 2.98. The number of nitrogens with one attached hydrogen (secondary N) is 2. The number of pyridine rings is 1. The molecule has 0 aliphatic carbocycles. The Balaban J connectivity index is 2.38. The summed E-state index contributed by atoms with van der Waals surface area (Å²) in [5.74, 6) is 4.48. The SMILES string of the molecule is NNc1cc(S(=O)(=O)Nc2cccc(Cl)c2F)ccn1. The molecule has 1 aromatic carbocycles. The van der Waals surface area contributed by atoms with Crippen molar-refractivity contribution >= 4 is 33.1 Å². The van der Waals surface area contributed by atoms with Gasteiger partial charge in [0.15, 0.2) is 5.82 Å². The Morgan fingerprint density at radius 1 is 1.30 bits per heavy atom. The van der Waals surface area contributed by atoms with Crippen LogP contribution in [0.15, 0.2) is 41.4 Å². The predicted octanol–water partition coefficient (Wildman–Crippen LogP) is 1.96. The van der Waals surface area contributed by atoms with Gasteiger partial charge in [0.1, 0.15) is 5.82 Å². The van der Waals surface area contributed by atoms with Gasteiger partial charge in [-0.05, 0) is 18.2 Å². The first-order valence-corrected chi connectivity index (χ1v) is 7.19. The van der Waals surface area contributed by atoms with Gasteiger partial charge in [0.25, 0.3) is 10.0 Å². The molecule has 0 saturated carbocycles. The van der Waals surface area contributed by atoms with E-state index in [9.17, 15) is 12.8 Å². The van der Waals surface area contributed by atoms with Crippen molar-refractivity contribution in [2.24, 2.45) is 5.84 Å². The van der Waals surface area contributed by atoms with E-state index in [1.807, 2.05) is 0 Å². The number of rotatable bonds is 4. The highest BCUT2D eigenvalue weighted by atomic mass is 35.5. The molecule has 0 atom stereocenters. The third-order valence-electron chi connectivity index (χ3n) is 2.39. The molecule has 1 heterocycles. The second-order valence-corrected chi connectivity index (χ2v) is 5.82. The molecule has 0 spiro atoms. The standard InChI is InChI=1S/C11H10ClFN4O2S/c12-8-2-1-3-9(11(8)13)17-20(18,19)7-4-5-15-10(6-7)16-14/h1-6,17H,14H2,(H,15,16). The topological polar surface area (TPSA) is 97.1 Å². The molecule has 1 aromatic heterocycles. The molecule has 0 bridgehead atoms. The van der Waals surface area contributed by atoms with Crippen LogP contribution < -0.4 is 16.0 Å². The summed E-state index contributed by atoms with van der Waals surface area (Å²) in [6.07, 6.45) is 1.26. The Labute approximate surface area is 119 Å². The molecule has 0 saturated heterocycles. The largest absolute Gasteiger partial charge is 0.308 e. The zero-order chi connectivity index (χ0) is 14.8. The minimum absolute atomic E-state index is 0.111. The van der Waals surface area contributed by atoms with Crippen LogP contribution in [0.4, 0.5) is 15.9 Å². The number of nitrogens with two attached hydrogens (primary N) is 1. The number of sulfonamides is 1. The number of anilines is 2. The number of hydrazine groups is 1. The Bertz CT molecular complexity index is 739. The number of hydrogen-bond donors (Lipinski definition) is 3. The number of nitrogens with zero attached hydrogens (tertiary/aromatic N) is 1. The lowest BCUT2D eigenvalue weighted by atomic mass is 10.3. The van der Waals surface area contributed by atoms with Gasteiger partial charge in [0, 0.05) is 12.3 Å². The van der Waals surface area contributed by atoms with Crippen LogP contribution in [0.1, 0.15) is 0 Å². The molecule has 9 heteroatoms. The summed E-state index contributed by atoms with van der Waals surface area (Å²) in [5, 5.41) is -0.177. The average Bonchev–Trinajstić information content (AvgIpc) is 2.44. The fourth-order valence-corrected chi connectivity index (χ4v) is 2.69. The van der Waals surface area contributed by atoms with E-state index in [0.29, 0.717) is 0 Å². The maximum Gasteiger partial charge on any atom is 0.262 e. The molecule has 4 N–H and O–H groups in total. The monoisotopic (exact) mass is 316 g/mol. The summed E-state index contributed by atoms with van der Waals surface area (Å²) in [7, 11) is -3.97. The first-order valence-electron chi connectivity index (χ1n) is 5.33. The van der Waals surface area contributed by atoms with Crippen molar-refractivity contribution in [3.8, 4) is 0 Å². The summed E-state index contributed by atoms with van der Waals surface area (Å²) in [4.78, 5) is 3.68. The Morgan fingerprint density at radius 2 is 2.05 bits per heavy atom. The quantitative estimate of drug-likeness (QED) is 0.592. The molecule has 2 rings (SSSR count). The highest BCUT2D eigenvalue weighted by Crippen LogP contribution is 2.24.